The summed E-state index contributed by atoms with van der Waals surface area (Å²) in [5.74, 6) is -0.127. The van der Waals surface area contributed by atoms with Gasteiger partial charge in [-0.25, -0.2) is 0 Å². The van der Waals surface area contributed by atoms with Crippen molar-refractivity contribution in [2.45, 2.75) is 147 Å². The van der Waals surface area contributed by atoms with Gasteiger partial charge in [0.1, 0.15) is 6.04 Å². The standard InChI is InChI=1S/2C24H25ClN2O2.C15H19NO3.C8H7ClN2.ClH/c2*1-16(23(28)10-7-17-11-18(15-26)13-22(25)12-17)27-24(29)21-9-8-20(14-21)19-5-3-2-4-6-19;1-10(15(18)19)16-14(17)13-8-7-12(9-13)11-5-3-2-4-6-11;9-8-2-6(4-10)1-7(3-8)5-11;/h2*2-6,11-13,16,20-21H,7-10,14H2,1H3,(H,27,29);2-6,10,12-13H,7-9H2,1H3,(H,16,17)(H,18,19);1-3H,4,10H2;1H/t2*16-,20+,21+;10-,12+,13+;;/m000../s1. The first-order valence-electron chi connectivity index (χ1n) is 29.9. The van der Waals surface area contributed by atoms with E-state index in [0.29, 0.717) is 81.7 Å². The molecule has 3 aliphatic carbocycles. The molecule has 9 atom stereocenters. The quantitative estimate of drug-likeness (QED) is 0.0509. The van der Waals surface area contributed by atoms with Crippen LogP contribution < -0.4 is 21.7 Å². The first-order valence-corrected chi connectivity index (χ1v) is 31.0. The van der Waals surface area contributed by atoms with Gasteiger partial charge in [0.15, 0.2) is 11.6 Å². The molecule has 0 unspecified atom stereocenters. The molecule has 3 amide bonds. The monoisotopic (exact) mass is 1280 g/mol. The van der Waals surface area contributed by atoms with Crippen LogP contribution in [0.3, 0.4) is 0 Å². The zero-order valence-corrected chi connectivity index (χ0v) is 53.4. The summed E-state index contributed by atoms with van der Waals surface area (Å²) >= 11 is 17.7. The molecular weight excluding hydrogens is 1200 g/mol. The molecule has 6 N–H and O–H groups in total. The molecule has 0 saturated heterocycles. The minimum Gasteiger partial charge on any atom is -0.480 e. The zero-order chi connectivity index (χ0) is 63.7. The molecule has 0 aromatic heterocycles. The number of hydrogen-bond donors (Lipinski definition) is 5. The Balaban J connectivity index is 0.000000226. The van der Waals surface area contributed by atoms with Gasteiger partial charge in [-0.1, -0.05) is 126 Å². The van der Waals surface area contributed by atoms with Crippen molar-refractivity contribution in [1.82, 2.24) is 16.0 Å². The number of aryl methyl sites for hydroxylation is 2. The lowest BCUT2D eigenvalue weighted by Gasteiger charge is -2.17. The minimum absolute atomic E-state index is 0. The third-order valence-corrected chi connectivity index (χ3v) is 17.1. The maximum Gasteiger partial charge on any atom is 0.325 e. The first-order chi connectivity index (χ1) is 42.2. The number of hydrogen-bond acceptors (Lipinski definition) is 10. The average molecular weight is 1280 g/mol. The van der Waals surface area contributed by atoms with Crippen LogP contribution in [-0.4, -0.2) is 58.5 Å². The predicted molar refractivity (Wildman–Crippen MR) is 350 cm³/mol. The van der Waals surface area contributed by atoms with Crippen molar-refractivity contribution in [2.24, 2.45) is 23.5 Å². The first kappa shape index (κ1) is 71.9. The largest absolute Gasteiger partial charge is 0.480 e. The number of carboxylic acid groups (broad SMARTS) is 1. The molecule has 18 heteroatoms. The van der Waals surface area contributed by atoms with Crippen LogP contribution >= 0.6 is 47.2 Å². The summed E-state index contributed by atoms with van der Waals surface area (Å²) in [4.78, 5) is 72.9. The molecule has 0 spiro atoms. The van der Waals surface area contributed by atoms with Crippen molar-refractivity contribution in [1.29, 1.82) is 15.8 Å². The number of carbonyl (C=O) groups excluding carboxylic acids is 5. The van der Waals surface area contributed by atoms with Gasteiger partial charge in [0.25, 0.3) is 0 Å². The number of halogens is 4. The van der Waals surface area contributed by atoms with Gasteiger partial charge in [-0.2, -0.15) is 15.8 Å². The van der Waals surface area contributed by atoms with E-state index in [4.69, 9.17) is 61.4 Å². The summed E-state index contributed by atoms with van der Waals surface area (Å²) in [5, 5.41) is 45.3. The summed E-state index contributed by atoms with van der Waals surface area (Å²) in [5.41, 5.74) is 13.3. The maximum atomic E-state index is 12.6. The van der Waals surface area contributed by atoms with E-state index in [0.717, 1.165) is 74.5 Å². The highest BCUT2D eigenvalue weighted by Crippen LogP contribution is 2.40. The normalized spacial score (nSPS) is 18.8. The van der Waals surface area contributed by atoms with Crippen LogP contribution in [0, 0.1) is 51.7 Å². The molecule has 0 heterocycles. The predicted octanol–water partition coefficient (Wildman–Crippen LogP) is 13.9. The summed E-state index contributed by atoms with van der Waals surface area (Å²) < 4.78 is 0. The van der Waals surface area contributed by atoms with E-state index in [2.05, 4.69) is 64.5 Å². The molecule has 3 aliphatic rings. The lowest BCUT2D eigenvalue weighted by molar-refractivity contribution is -0.141. The number of amides is 3. The summed E-state index contributed by atoms with van der Waals surface area (Å²) in [6, 6.07) is 50.3. The van der Waals surface area contributed by atoms with E-state index in [1.54, 1.807) is 68.4 Å². The third-order valence-electron chi connectivity index (χ3n) is 16.5. The Bertz CT molecular complexity index is 3330. The number of nitrogens with two attached hydrogens (primary N) is 1. The Labute approximate surface area is 543 Å². The van der Waals surface area contributed by atoms with Crippen LogP contribution in [0.4, 0.5) is 0 Å². The fraction of sp³-hybridized carbons (Fsp3) is 0.366. The van der Waals surface area contributed by atoms with E-state index in [1.807, 2.05) is 60.7 Å². The molecule has 6 aromatic rings. The summed E-state index contributed by atoms with van der Waals surface area (Å²) in [6.45, 7) is 5.38. The van der Waals surface area contributed by atoms with E-state index < -0.39 is 24.1 Å². The number of nitrogens with zero attached hydrogens (tertiary/aromatic N) is 3. The molecule has 3 fully saturated rings. The Morgan fingerprint density at radius 1 is 0.472 bits per heavy atom. The number of benzene rings is 6. The highest BCUT2D eigenvalue weighted by molar-refractivity contribution is 6.31. The van der Waals surface area contributed by atoms with Gasteiger partial charge < -0.3 is 26.8 Å². The molecule has 0 bridgehead atoms. The second kappa shape index (κ2) is 36.6. The van der Waals surface area contributed by atoms with E-state index in [9.17, 15) is 28.8 Å². The molecule has 0 radical (unpaired) electrons. The fourth-order valence-electron chi connectivity index (χ4n) is 11.5. The van der Waals surface area contributed by atoms with Gasteiger partial charge in [-0.05, 0) is 197 Å². The average Bonchev–Trinajstić information content (AvgIpc) is 3.89. The molecule has 89 heavy (non-hydrogen) atoms. The molecule has 3 saturated carbocycles. The van der Waals surface area contributed by atoms with Crippen molar-refractivity contribution in [2.75, 3.05) is 0 Å². The van der Waals surface area contributed by atoms with Gasteiger partial charge in [0.05, 0.1) is 47.0 Å². The number of carbonyl (C=O) groups is 6. The number of nitrogens with one attached hydrogen (secondary N) is 3. The van der Waals surface area contributed by atoms with E-state index in [-0.39, 0.29) is 59.4 Å². The Morgan fingerprint density at radius 3 is 1.06 bits per heavy atom. The maximum absolute atomic E-state index is 12.6. The van der Waals surface area contributed by atoms with Crippen LogP contribution in [0.2, 0.25) is 15.1 Å². The van der Waals surface area contributed by atoms with Crippen molar-refractivity contribution < 1.29 is 33.9 Å². The summed E-state index contributed by atoms with van der Waals surface area (Å²) in [7, 11) is 0. The zero-order valence-electron chi connectivity index (χ0n) is 50.3. The van der Waals surface area contributed by atoms with E-state index >= 15 is 0 Å². The van der Waals surface area contributed by atoms with Crippen LogP contribution in [0.1, 0.15) is 159 Å². The molecule has 14 nitrogen and oxygen atoms in total. The molecule has 0 aliphatic heterocycles. The fourth-order valence-corrected chi connectivity index (χ4v) is 12.3. The number of Topliss-reactive ketones (excluding diaryl/α,β-unsaturated/α-hetero) is 2. The number of rotatable bonds is 19. The Hall–Kier alpha value is -7.87. The van der Waals surface area contributed by atoms with Gasteiger partial charge in [0.2, 0.25) is 17.7 Å². The smallest absolute Gasteiger partial charge is 0.325 e. The topological polar surface area (TPSA) is 256 Å². The number of aliphatic carboxylic acids is 1. The van der Waals surface area contributed by atoms with Crippen LogP contribution in [0.15, 0.2) is 146 Å². The van der Waals surface area contributed by atoms with Crippen LogP contribution in [0.5, 0.6) is 0 Å². The Morgan fingerprint density at radius 2 is 0.764 bits per heavy atom. The number of ketones is 2. The SMILES string of the molecule is C[C@H](NC(=O)[C@@H]1CC[C@@H](c2ccccc2)C1)C(=O)CCc1cc(Cl)cc(C#N)c1.C[C@H](NC(=O)[C@@H]1CC[C@@H](c2ccccc2)C1)C(=O)CCc1cc(Cl)cc(C#N)c1.C[C@H](NC(=O)[C@@H]1CC[C@@H](c2ccccc2)C1)C(=O)O.Cl.N#Cc1cc(Cl)cc(CN)c1. The highest BCUT2D eigenvalue weighted by Gasteiger charge is 2.34. The summed E-state index contributed by atoms with van der Waals surface area (Å²) in [6.07, 6.45) is 9.57. The second-order valence-corrected chi connectivity index (χ2v) is 24.2. The molecule has 466 valence electrons. The third kappa shape index (κ3) is 23.2. The van der Waals surface area contributed by atoms with Gasteiger partial charge in [0, 0.05) is 52.2 Å². The second-order valence-electron chi connectivity index (χ2n) is 22.9. The van der Waals surface area contributed by atoms with Crippen LogP contribution in [0.25, 0.3) is 0 Å². The molecule has 6 aromatic carbocycles. The number of nitriles is 3. The van der Waals surface area contributed by atoms with Gasteiger partial charge in [-0.3, -0.25) is 28.8 Å². The van der Waals surface area contributed by atoms with Crippen molar-refractivity contribution >= 4 is 82.5 Å². The lowest BCUT2D eigenvalue weighted by atomic mass is 9.96. The minimum atomic E-state index is -0.994. The van der Waals surface area contributed by atoms with Crippen molar-refractivity contribution in [3.8, 4) is 18.2 Å². The number of carboxylic acids is 1. The van der Waals surface area contributed by atoms with Gasteiger partial charge in [-0.15, -0.1) is 12.4 Å². The molecular formula is C71H77Cl4N7O7. The van der Waals surface area contributed by atoms with Gasteiger partial charge >= 0.3 is 5.97 Å². The van der Waals surface area contributed by atoms with Crippen molar-refractivity contribution in [3.63, 3.8) is 0 Å². The van der Waals surface area contributed by atoms with Crippen LogP contribution in [-0.2, 0) is 48.2 Å². The molecule has 9 rings (SSSR count). The lowest BCUT2D eigenvalue weighted by Crippen LogP contribution is -2.41. The van der Waals surface area contributed by atoms with E-state index in [1.165, 1.54) is 23.6 Å². The highest BCUT2D eigenvalue weighted by atomic mass is 35.5. The van der Waals surface area contributed by atoms with Crippen molar-refractivity contribution in [3.05, 3.63) is 211 Å². The Kier molecular flexibility index (Phi) is 29.5.